The van der Waals surface area contributed by atoms with Crippen LogP contribution in [0.4, 0.5) is 5.82 Å². The van der Waals surface area contributed by atoms with Gasteiger partial charge in [0.25, 0.3) is 0 Å². The van der Waals surface area contributed by atoms with Gasteiger partial charge in [0.05, 0.1) is 12.9 Å². The van der Waals surface area contributed by atoms with E-state index in [9.17, 15) is 10.2 Å². The van der Waals surface area contributed by atoms with Crippen molar-refractivity contribution in [2.45, 2.75) is 24.5 Å². The van der Waals surface area contributed by atoms with Crippen molar-refractivity contribution in [3.8, 4) is 0 Å². The molecule has 2 aromatic rings. The second-order valence-electron chi connectivity index (χ2n) is 4.43. The van der Waals surface area contributed by atoms with Crippen molar-refractivity contribution >= 4 is 32.9 Å². The van der Waals surface area contributed by atoms with E-state index in [-0.39, 0.29) is 10.6 Å². The van der Waals surface area contributed by atoms with Crippen molar-refractivity contribution in [2.75, 3.05) is 12.3 Å². The molecule has 2 unspecified atom stereocenters. The number of aliphatic hydroxyl groups is 3. The average Bonchev–Trinajstić information content (AvgIpc) is 2.93. The van der Waals surface area contributed by atoms with E-state index >= 15 is 0 Å². The molecule has 0 bridgehead atoms. The van der Waals surface area contributed by atoms with E-state index in [1.807, 2.05) is 0 Å². The number of imidazole rings is 1. The van der Waals surface area contributed by atoms with E-state index < -0.39 is 31.1 Å². The van der Waals surface area contributed by atoms with Gasteiger partial charge < -0.3 is 25.8 Å². The summed E-state index contributed by atoms with van der Waals surface area (Å²) in [5.41, 5.74) is 6.46. The topological polar surface area (TPSA) is 140 Å². The minimum Gasteiger partial charge on any atom is -0.394 e. The number of rotatable bonds is 2. The Bertz CT molecular complexity index is 650. The number of ether oxygens (including phenoxy) is 1. The SMILES string of the molecule is Nc1nc(Br)nc2c1ncn2[C@@H]1O[C@H](CO)C(O)C1O. The van der Waals surface area contributed by atoms with Crippen LogP contribution in [0.25, 0.3) is 11.2 Å². The molecule has 1 fully saturated rings. The summed E-state index contributed by atoms with van der Waals surface area (Å²) >= 11 is 3.13. The third-order valence-corrected chi connectivity index (χ3v) is 3.57. The largest absolute Gasteiger partial charge is 0.394 e. The van der Waals surface area contributed by atoms with Gasteiger partial charge in [-0.1, -0.05) is 0 Å². The van der Waals surface area contributed by atoms with Gasteiger partial charge in [-0.2, -0.15) is 0 Å². The third-order valence-electron chi connectivity index (χ3n) is 3.21. The molecule has 108 valence electrons. The summed E-state index contributed by atoms with van der Waals surface area (Å²) in [7, 11) is 0. The maximum absolute atomic E-state index is 10.0. The molecule has 3 rings (SSSR count). The highest BCUT2D eigenvalue weighted by molar-refractivity contribution is 9.10. The Hall–Kier alpha value is -1.33. The first-order valence-corrected chi connectivity index (χ1v) is 6.60. The summed E-state index contributed by atoms with van der Waals surface area (Å²) in [5.74, 6) is 0.187. The zero-order valence-electron chi connectivity index (χ0n) is 10.1. The van der Waals surface area contributed by atoms with E-state index in [2.05, 4.69) is 30.9 Å². The van der Waals surface area contributed by atoms with Crippen LogP contribution < -0.4 is 5.73 Å². The van der Waals surface area contributed by atoms with Gasteiger partial charge in [-0.3, -0.25) is 4.57 Å². The van der Waals surface area contributed by atoms with Crippen molar-refractivity contribution < 1.29 is 20.1 Å². The number of halogens is 1. The Kier molecular flexibility index (Phi) is 3.34. The van der Waals surface area contributed by atoms with Gasteiger partial charge in [-0.15, -0.1) is 0 Å². The van der Waals surface area contributed by atoms with Crippen LogP contribution in [0, 0.1) is 0 Å². The maximum Gasteiger partial charge on any atom is 0.200 e. The fourth-order valence-corrected chi connectivity index (χ4v) is 2.57. The van der Waals surface area contributed by atoms with E-state index in [1.54, 1.807) is 0 Å². The molecule has 0 spiro atoms. The highest BCUT2D eigenvalue weighted by Crippen LogP contribution is 2.32. The lowest BCUT2D eigenvalue weighted by Gasteiger charge is -2.16. The molecular formula is C10H12BrN5O4. The summed E-state index contributed by atoms with van der Waals surface area (Å²) in [6, 6.07) is 0. The zero-order chi connectivity index (χ0) is 14.4. The van der Waals surface area contributed by atoms with Crippen LogP contribution in [-0.4, -0.2) is 59.8 Å². The number of fused-ring (bicyclic) bond motifs is 1. The summed E-state index contributed by atoms with van der Waals surface area (Å²) in [6.45, 7) is -0.401. The molecule has 9 nitrogen and oxygen atoms in total. The number of nitrogens with zero attached hydrogens (tertiary/aromatic N) is 4. The molecule has 20 heavy (non-hydrogen) atoms. The summed E-state index contributed by atoms with van der Waals surface area (Å²) < 4.78 is 7.14. The van der Waals surface area contributed by atoms with Crippen LogP contribution >= 0.6 is 15.9 Å². The Morgan fingerprint density at radius 1 is 1.35 bits per heavy atom. The first kappa shape index (κ1) is 13.6. The van der Waals surface area contributed by atoms with Crippen molar-refractivity contribution in [1.82, 2.24) is 19.5 Å². The molecule has 1 saturated heterocycles. The van der Waals surface area contributed by atoms with Crippen molar-refractivity contribution in [2.24, 2.45) is 0 Å². The summed E-state index contributed by atoms with van der Waals surface area (Å²) in [5, 5.41) is 28.9. The van der Waals surface area contributed by atoms with Crippen LogP contribution in [0.1, 0.15) is 6.23 Å². The van der Waals surface area contributed by atoms with Gasteiger partial charge in [-0.05, 0) is 15.9 Å². The molecule has 1 aliphatic heterocycles. The molecule has 0 aromatic carbocycles. The first-order chi connectivity index (χ1) is 9.52. The smallest absolute Gasteiger partial charge is 0.200 e. The van der Waals surface area contributed by atoms with Gasteiger partial charge >= 0.3 is 0 Å². The Morgan fingerprint density at radius 3 is 2.75 bits per heavy atom. The van der Waals surface area contributed by atoms with E-state index in [1.165, 1.54) is 10.9 Å². The molecule has 0 saturated carbocycles. The maximum atomic E-state index is 10.0. The molecule has 5 N–H and O–H groups in total. The fraction of sp³-hybridized carbons (Fsp3) is 0.500. The second-order valence-corrected chi connectivity index (χ2v) is 5.14. The summed E-state index contributed by atoms with van der Waals surface area (Å²) in [6.07, 6.45) is -2.78. The minimum absolute atomic E-state index is 0.187. The Labute approximate surface area is 121 Å². The van der Waals surface area contributed by atoms with Gasteiger partial charge in [0.15, 0.2) is 17.7 Å². The monoisotopic (exact) mass is 345 g/mol. The van der Waals surface area contributed by atoms with E-state index in [0.717, 1.165) is 0 Å². The second kappa shape index (κ2) is 4.90. The Morgan fingerprint density at radius 2 is 2.10 bits per heavy atom. The van der Waals surface area contributed by atoms with Crippen molar-refractivity contribution in [1.29, 1.82) is 0 Å². The predicted octanol–water partition coefficient (Wildman–Crippen LogP) is -1.22. The number of nitrogen functional groups attached to an aromatic ring is 1. The van der Waals surface area contributed by atoms with Crippen LogP contribution in [0.5, 0.6) is 0 Å². The lowest BCUT2D eigenvalue weighted by molar-refractivity contribution is -0.0511. The molecule has 2 aromatic heterocycles. The first-order valence-electron chi connectivity index (χ1n) is 5.81. The predicted molar refractivity (Wildman–Crippen MR) is 70.4 cm³/mol. The highest BCUT2D eigenvalue weighted by Gasteiger charge is 2.44. The Balaban J connectivity index is 2.07. The van der Waals surface area contributed by atoms with Gasteiger partial charge in [0, 0.05) is 0 Å². The lowest BCUT2D eigenvalue weighted by Crippen LogP contribution is -2.33. The van der Waals surface area contributed by atoms with E-state index in [0.29, 0.717) is 11.2 Å². The van der Waals surface area contributed by atoms with Gasteiger partial charge in [0.1, 0.15) is 23.8 Å². The van der Waals surface area contributed by atoms with Crippen LogP contribution in [0.15, 0.2) is 11.1 Å². The van der Waals surface area contributed by atoms with Gasteiger partial charge in [0.2, 0.25) is 4.73 Å². The van der Waals surface area contributed by atoms with Gasteiger partial charge in [-0.25, -0.2) is 15.0 Å². The standard InChI is InChI=1S/C10H12BrN5O4/c11-10-14-7(12)4-8(15-10)16(2-13-4)9-6(19)5(18)3(1-17)20-9/h2-3,5-6,9,17-19H,1H2,(H2,12,14,15)/t3-,5?,6?,9-/m1/s1. The quantitative estimate of drug-likeness (QED) is 0.496. The van der Waals surface area contributed by atoms with Crippen LogP contribution in [-0.2, 0) is 4.74 Å². The third kappa shape index (κ3) is 1.96. The van der Waals surface area contributed by atoms with Crippen LogP contribution in [0.3, 0.4) is 0 Å². The number of nitrogens with two attached hydrogens (primary N) is 1. The normalized spacial score (nSPS) is 30.2. The van der Waals surface area contributed by atoms with Crippen molar-refractivity contribution in [3.05, 3.63) is 11.1 Å². The molecule has 4 atom stereocenters. The number of aromatic nitrogens is 4. The fourth-order valence-electron chi connectivity index (χ4n) is 2.21. The highest BCUT2D eigenvalue weighted by atomic mass is 79.9. The average molecular weight is 346 g/mol. The number of hydrogen-bond donors (Lipinski definition) is 4. The molecule has 1 aliphatic rings. The molecule has 10 heteroatoms. The molecular weight excluding hydrogens is 334 g/mol. The molecule has 0 aliphatic carbocycles. The molecule has 0 radical (unpaired) electrons. The minimum atomic E-state index is -1.21. The van der Waals surface area contributed by atoms with Crippen LogP contribution in [0.2, 0.25) is 0 Å². The molecule has 0 amide bonds. The zero-order valence-corrected chi connectivity index (χ0v) is 11.7. The molecule has 3 heterocycles. The number of hydrogen-bond acceptors (Lipinski definition) is 8. The lowest BCUT2D eigenvalue weighted by atomic mass is 10.1. The van der Waals surface area contributed by atoms with E-state index in [4.69, 9.17) is 15.6 Å². The number of anilines is 1. The van der Waals surface area contributed by atoms with Crippen molar-refractivity contribution in [3.63, 3.8) is 0 Å². The number of aliphatic hydroxyl groups excluding tert-OH is 3. The summed E-state index contributed by atoms with van der Waals surface area (Å²) in [4.78, 5) is 12.1.